The van der Waals surface area contributed by atoms with Crippen molar-refractivity contribution in [2.45, 2.75) is 18.9 Å². The number of likely N-dealkylation sites (tertiary alicyclic amines) is 1. The Kier molecular flexibility index (Phi) is 3.96. The third kappa shape index (κ3) is 2.88. The monoisotopic (exact) mass is 299 g/mol. The van der Waals surface area contributed by atoms with E-state index in [1.165, 1.54) is 24.7 Å². The summed E-state index contributed by atoms with van der Waals surface area (Å²) in [6, 6.07) is 3.47. The highest BCUT2D eigenvalue weighted by Gasteiger charge is 2.28. The van der Waals surface area contributed by atoms with Gasteiger partial charge in [0.2, 0.25) is 11.5 Å². The van der Waals surface area contributed by atoms with Crippen molar-refractivity contribution in [1.29, 1.82) is 5.26 Å². The highest BCUT2D eigenvalue weighted by Crippen LogP contribution is 2.19. The Morgan fingerprint density at radius 3 is 3.05 bits per heavy atom. The molecule has 0 spiro atoms. The van der Waals surface area contributed by atoms with E-state index in [-0.39, 0.29) is 29.3 Å². The van der Waals surface area contributed by atoms with Crippen molar-refractivity contribution in [3.05, 3.63) is 36.1 Å². The van der Waals surface area contributed by atoms with Crippen LogP contribution in [-0.4, -0.2) is 45.1 Å². The van der Waals surface area contributed by atoms with Gasteiger partial charge in [0.1, 0.15) is 12.2 Å². The first-order chi connectivity index (χ1) is 10.8. The van der Waals surface area contributed by atoms with Gasteiger partial charge in [-0.3, -0.25) is 4.79 Å². The van der Waals surface area contributed by atoms with E-state index in [0.29, 0.717) is 13.1 Å². The van der Waals surface area contributed by atoms with Crippen LogP contribution in [0.1, 0.15) is 29.1 Å². The third-order valence-corrected chi connectivity index (χ3v) is 3.36. The van der Waals surface area contributed by atoms with Gasteiger partial charge in [0.05, 0.1) is 12.7 Å². The molecule has 0 unspecified atom stereocenters. The first-order valence-electron chi connectivity index (χ1n) is 6.85. The van der Waals surface area contributed by atoms with Crippen molar-refractivity contribution >= 4 is 5.91 Å². The van der Waals surface area contributed by atoms with Crippen LogP contribution in [0.15, 0.2) is 29.2 Å². The van der Waals surface area contributed by atoms with Crippen molar-refractivity contribution in [2.24, 2.45) is 0 Å². The van der Waals surface area contributed by atoms with Gasteiger partial charge in [0.25, 0.3) is 11.8 Å². The Morgan fingerprint density at radius 1 is 1.41 bits per heavy atom. The van der Waals surface area contributed by atoms with Gasteiger partial charge in [-0.2, -0.15) is 5.26 Å². The van der Waals surface area contributed by atoms with E-state index in [4.69, 9.17) is 14.5 Å². The van der Waals surface area contributed by atoms with E-state index >= 15 is 0 Å². The number of rotatable bonds is 3. The summed E-state index contributed by atoms with van der Waals surface area (Å²) in [6.07, 6.45) is 5.69. The molecule has 1 saturated heterocycles. The van der Waals surface area contributed by atoms with E-state index < -0.39 is 0 Å². The fourth-order valence-corrected chi connectivity index (χ4v) is 2.35. The lowest BCUT2D eigenvalue weighted by molar-refractivity contribution is 0.0491. The van der Waals surface area contributed by atoms with Crippen molar-refractivity contribution in [3.63, 3.8) is 0 Å². The number of hydrogen-bond donors (Lipinski definition) is 0. The van der Waals surface area contributed by atoms with E-state index in [9.17, 15) is 4.79 Å². The SMILES string of the molecule is N#Cc1nccnc1O[C@@H]1CCCN(C(=O)c2ccno2)C1. The molecule has 1 atom stereocenters. The van der Waals surface area contributed by atoms with Gasteiger partial charge in [0.15, 0.2) is 0 Å². The number of piperidine rings is 1. The Morgan fingerprint density at radius 2 is 2.27 bits per heavy atom. The number of nitrogens with zero attached hydrogens (tertiary/aromatic N) is 5. The van der Waals surface area contributed by atoms with Gasteiger partial charge in [-0.05, 0) is 12.8 Å². The maximum absolute atomic E-state index is 12.2. The summed E-state index contributed by atoms with van der Waals surface area (Å²) in [5.41, 5.74) is 0.140. The highest BCUT2D eigenvalue weighted by molar-refractivity contribution is 5.91. The molecule has 0 aromatic carbocycles. The van der Waals surface area contributed by atoms with E-state index in [1.54, 1.807) is 4.90 Å². The first-order valence-corrected chi connectivity index (χ1v) is 6.85. The van der Waals surface area contributed by atoms with Gasteiger partial charge >= 0.3 is 0 Å². The molecule has 3 heterocycles. The van der Waals surface area contributed by atoms with Crippen LogP contribution in [0.5, 0.6) is 5.88 Å². The van der Waals surface area contributed by atoms with Gasteiger partial charge in [-0.25, -0.2) is 9.97 Å². The lowest BCUT2D eigenvalue weighted by atomic mass is 10.1. The van der Waals surface area contributed by atoms with Gasteiger partial charge in [-0.1, -0.05) is 5.16 Å². The lowest BCUT2D eigenvalue weighted by Gasteiger charge is -2.31. The van der Waals surface area contributed by atoms with Crippen LogP contribution in [0, 0.1) is 11.3 Å². The van der Waals surface area contributed by atoms with Crippen molar-refractivity contribution in [3.8, 4) is 11.9 Å². The Labute approximate surface area is 126 Å². The Hall–Kier alpha value is -2.95. The number of nitriles is 1. The number of hydrogen-bond acceptors (Lipinski definition) is 7. The molecule has 0 radical (unpaired) electrons. The molecule has 0 saturated carbocycles. The van der Waals surface area contributed by atoms with Crippen molar-refractivity contribution < 1.29 is 14.1 Å². The zero-order valence-corrected chi connectivity index (χ0v) is 11.7. The molecule has 3 rings (SSSR count). The molecule has 0 bridgehead atoms. The normalized spacial score (nSPS) is 17.8. The number of aromatic nitrogens is 3. The van der Waals surface area contributed by atoms with Crippen LogP contribution in [-0.2, 0) is 0 Å². The summed E-state index contributed by atoms with van der Waals surface area (Å²) < 4.78 is 10.6. The van der Waals surface area contributed by atoms with Gasteiger partial charge < -0.3 is 14.2 Å². The molecule has 0 aliphatic carbocycles. The molecule has 0 N–H and O–H groups in total. The predicted octanol–water partition coefficient (Wildman–Crippen LogP) is 1.02. The number of carbonyl (C=O) groups excluding carboxylic acids is 1. The zero-order chi connectivity index (χ0) is 15.4. The average Bonchev–Trinajstić information content (AvgIpc) is 3.09. The van der Waals surface area contributed by atoms with Crippen LogP contribution in [0.2, 0.25) is 0 Å². The van der Waals surface area contributed by atoms with Gasteiger partial charge in [-0.15, -0.1) is 0 Å². The summed E-state index contributed by atoms with van der Waals surface area (Å²) in [7, 11) is 0. The summed E-state index contributed by atoms with van der Waals surface area (Å²) >= 11 is 0. The fraction of sp³-hybridized carbons (Fsp3) is 0.357. The minimum atomic E-state index is -0.232. The molecule has 1 aliphatic heterocycles. The van der Waals surface area contributed by atoms with E-state index in [0.717, 1.165) is 12.8 Å². The number of ether oxygens (including phenoxy) is 1. The van der Waals surface area contributed by atoms with Crippen LogP contribution in [0.3, 0.4) is 0 Å². The standard InChI is InChI=1S/C14H13N5O3/c15-8-11-13(17-6-5-16-11)21-10-2-1-7-19(9-10)14(20)12-3-4-18-22-12/h3-6,10H,1-2,7,9H2/t10-/m1/s1. The molecule has 1 amide bonds. The van der Waals surface area contributed by atoms with Crippen LogP contribution in [0.4, 0.5) is 0 Å². The minimum Gasteiger partial charge on any atom is -0.470 e. The average molecular weight is 299 g/mol. The molecule has 1 fully saturated rings. The maximum atomic E-state index is 12.2. The fourth-order valence-electron chi connectivity index (χ4n) is 2.35. The molecule has 8 nitrogen and oxygen atoms in total. The number of amides is 1. The Balaban J connectivity index is 1.68. The molecule has 2 aromatic heterocycles. The summed E-state index contributed by atoms with van der Waals surface area (Å²) in [6.45, 7) is 1.03. The summed E-state index contributed by atoms with van der Waals surface area (Å²) in [5.74, 6) is 0.187. The smallest absolute Gasteiger partial charge is 0.292 e. The van der Waals surface area contributed by atoms with Crippen molar-refractivity contribution in [1.82, 2.24) is 20.0 Å². The summed E-state index contributed by atoms with van der Waals surface area (Å²) in [5, 5.41) is 12.5. The van der Waals surface area contributed by atoms with Crippen LogP contribution in [0.25, 0.3) is 0 Å². The molecular weight excluding hydrogens is 286 g/mol. The van der Waals surface area contributed by atoms with E-state index in [1.807, 2.05) is 6.07 Å². The van der Waals surface area contributed by atoms with Crippen LogP contribution >= 0.6 is 0 Å². The second-order valence-corrected chi connectivity index (χ2v) is 4.83. The second kappa shape index (κ2) is 6.22. The first kappa shape index (κ1) is 14.0. The molecule has 22 heavy (non-hydrogen) atoms. The second-order valence-electron chi connectivity index (χ2n) is 4.83. The predicted molar refractivity (Wildman–Crippen MR) is 72.8 cm³/mol. The third-order valence-electron chi connectivity index (χ3n) is 3.36. The molecule has 1 aliphatic rings. The molecule has 8 heteroatoms. The molecule has 112 valence electrons. The maximum Gasteiger partial charge on any atom is 0.292 e. The summed E-state index contributed by atoms with van der Waals surface area (Å²) in [4.78, 5) is 21.8. The van der Waals surface area contributed by atoms with Gasteiger partial charge in [0, 0.05) is 25.0 Å². The van der Waals surface area contributed by atoms with Crippen LogP contribution < -0.4 is 4.74 Å². The minimum absolute atomic E-state index is 0.140. The number of carbonyl (C=O) groups is 1. The molecular formula is C14H13N5O3. The van der Waals surface area contributed by atoms with Crippen molar-refractivity contribution in [2.75, 3.05) is 13.1 Å². The van der Waals surface area contributed by atoms with E-state index in [2.05, 4.69) is 15.1 Å². The largest absolute Gasteiger partial charge is 0.470 e. The quantitative estimate of drug-likeness (QED) is 0.833. The molecule has 2 aromatic rings. The lowest BCUT2D eigenvalue weighted by Crippen LogP contribution is -2.44. The zero-order valence-electron chi connectivity index (χ0n) is 11.7. The highest BCUT2D eigenvalue weighted by atomic mass is 16.5. The Bertz CT molecular complexity index is 695. The topological polar surface area (TPSA) is 105 Å².